The summed E-state index contributed by atoms with van der Waals surface area (Å²) in [6.07, 6.45) is 2.62. The Morgan fingerprint density at radius 2 is 2.04 bits per heavy atom. The molecule has 1 aliphatic rings. The zero-order valence-corrected chi connectivity index (χ0v) is 15.3. The van der Waals surface area contributed by atoms with Crippen molar-refractivity contribution in [3.8, 4) is 6.07 Å². The minimum Gasteiger partial charge on any atom is -0.465 e. The summed E-state index contributed by atoms with van der Waals surface area (Å²) in [5.74, 6) is -1.60. The highest BCUT2D eigenvalue weighted by Crippen LogP contribution is 2.36. The van der Waals surface area contributed by atoms with Crippen LogP contribution in [-0.4, -0.2) is 29.9 Å². The highest BCUT2D eigenvalue weighted by Gasteiger charge is 2.43. The summed E-state index contributed by atoms with van der Waals surface area (Å²) in [6.45, 7) is 2.56. The molecule has 0 saturated carbocycles. The lowest BCUT2D eigenvalue weighted by atomic mass is 9.96. The van der Waals surface area contributed by atoms with Crippen LogP contribution in [0, 0.1) is 11.3 Å². The number of anilines is 2. The first-order valence-electron chi connectivity index (χ1n) is 8.40. The molecule has 2 aromatic rings. The number of esters is 1. The van der Waals surface area contributed by atoms with Crippen molar-refractivity contribution in [1.82, 2.24) is 0 Å². The molecule has 1 aromatic carbocycles. The summed E-state index contributed by atoms with van der Waals surface area (Å²) in [5, 5.41) is 11.9. The van der Waals surface area contributed by atoms with Gasteiger partial charge in [0.15, 0.2) is 6.61 Å². The molecule has 3 rings (SSSR count). The van der Waals surface area contributed by atoms with Gasteiger partial charge in [0.05, 0.1) is 17.6 Å². The molecule has 1 aromatic heterocycles. The molecule has 0 atom stereocenters. The van der Waals surface area contributed by atoms with Crippen LogP contribution >= 0.6 is 0 Å². The van der Waals surface area contributed by atoms with Crippen molar-refractivity contribution in [2.75, 3.05) is 16.8 Å². The summed E-state index contributed by atoms with van der Waals surface area (Å²) < 4.78 is 10.1. The molecule has 0 fully saturated rings. The predicted octanol–water partition coefficient (Wildman–Crippen LogP) is 2.49. The third kappa shape index (κ3) is 3.50. The van der Waals surface area contributed by atoms with E-state index < -0.39 is 24.0 Å². The SMILES string of the molecule is CC1(C)C(=O)Nc2ccccc2N1C(=O)COC(=O)/C(C#N)=C/c1ccco1. The molecule has 2 heterocycles. The number of carbonyl (C=O) groups is 3. The van der Waals surface area contributed by atoms with Gasteiger partial charge in [-0.15, -0.1) is 0 Å². The summed E-state index contributed by atoms with van der Waals surface area (Å²) in [7, 11) is 0. The number of para-hydroxylation sites is 2. The van der Waals surface area contributed by atoms with Crippen LogP contribution in [-0.2, 0) is 19.1 Å². The van der Waals surface area contributed by atoms with E-state index in [4.69, 9.17) is 14.4 Å². The van der Waals surface area contributed by atoms with Crippen LogP contribution in [0.3, 0.4) is 0 Å². The van der Waals surface area contributed by atoms with Crippen LogP contribution in [0.2, 0.25) is 0 Å². The van der Waals surface area contributed by atoms with Gasteiger partial charge in [0, 0.05) is 6.08 Å². The monoisotopic (exact) mass is 379 g/mol. The van der Waals surface area contributed by atoms with Crippen molar-refractivity contribution in [2.45, 2.75) is 19.4 Å². The van der Waals surface area contributed by atoms with Gasteiger partial charge in [-0.3, -0.25) is 14.5 Å². The second-order valence-electron chi connectivity index (χ2n) is 6.52. The first kappa shape index (κ1) is 18.9. The average Bonchev–Trinajstić information content (AvgIpc) is 3.18. The predicted molar refractivity (Wildman–Crippen MR) is 99.9 cm³/mol. The topological polar surface area (TPSA) is 113 Å². The number of amides is 2. The standard InChI is InChI=1S/C20H17N3O5/c1-20(2)19(26)22-15-7-3-4-8-16(15)23(20)17(24)12-28-18(25)13(11-21)10-14-6-5-9-27-14/h3-10H,12H2,1-2H3,(H,22,26)/b13-10+. The Balaban J connectivity index is 1.78. The van der Waals surface area contributed by atoms with E-state index in [0.29, 0.717) is 17.1 Å². The zero-order chi connectivity index (χ0) is 20.3. The van der Waals surface area contributed by atoms with E-state index >= 15 is 0 Å². The number of ether oxygens (including phenoxy) is 1. The molecule has 0 bridgehead atoms. The molecular formula is C20H17N3O5. The van der Waals surface area contributed by atoms with E-state index in [9.17, 15) is 14.4 Å². The largest absolute Gasteiger partial charge is 0.465 e. The highest BCUT2D eigenvalue weighted by atomic mass is 16.5. The van der Waals surface area contributed by atoms with Crippen molar-refractivity contribution in [2.24, 2.45) is 0 Å². The molecule has 0 aliphatic carbocycles. The maximum absolute atomic E-state index is 12.8. The minimum atomic E-state index is -1.18. The maximum Gasteiger partial charge on any atom is 0.349 e. The number of rotatable bonds is 4. The van der Waals surface area contributed by atoms with Crippen molar-refractivity contribution < 1.29 is 23.5 Å². The number of nitrogens with zero attached hydrogens (tertiary/aromatic N) is 2. The van der Waals surface area contributed by atoms with Crippen molar-refractivity contribution in [3.63, 3.8) is 0 Å². The Hall–Kier alpha value is -3.86. The van der Waals surface area contributed by atoms with Crippen LogP contribution in [0.1, 0.15) is 19.6 Å². The van der Waals surface area contributed by atoms with Gasteiger partial charge >= 0.3 is 5.97 Å². The highest BCUT2D eigenvalue weighted by molar-refractivity contribution is 6.14. The number of hydrogen-bond donors (Lipinski definition) is 1. The van der Waals surface area contributed by atoms with Crippen LogP contribution in [0.5, 0.6) is 0 Å². The Morgan fingerprint density at radius 3 is 2.71 bits per heavy atom. The molecule has 8 nitrogen and oxygen atoms in total. The fraction of sp³-hybridized carbons (Fsp3) is 0.200. The lowest BCUT2D eigenvalue weighted by Gasteiger charge is -2.41. The molecule has 0 radical (unpaired) electrons. The van der Waals surface area contributed by atoms with Crippen LogP contribution in [0.4, 0.5) is 11.4 Å². The smallest absolute Gasteiger partial charge is 0.349 e. The van der Waals surface area contributed by atoms with Crippen molar-refractivity contribution in [1.29, 1.82) is 5.26 Å². The number of furan rings is 1. The van der Waals surface area contributed by atoms with E-state index in [0.717, 1.165) is 0 Å². The number of benzene rings is 1. The van der Waals surface area contributed by atoms with Gasteiger partial charge in [0.2, 0.25) is 5.91 Å². The summed E-state index contributed by atoms with van der Waals surface area (Å²) >= 11 is 0. The molecule has 2 amide bonds. The molecule has 1 N–H and O–H groups in total. The van der Waals surface area contributed by atoms with Crippen LogP contribution in [0.15, 0.2) is 52.7 Å². The van der Waals surface area contributed by atoms with Gasteiger partial charge in [-0.25, -0.2) is 4.79 Å². The second kappa shape index (κ2) is 7.40. The first-order valence-corrected chi connectivity index (χ1v) is 8.40. The molecule has 0 unspecified atom stereocenters. The third-order valence-corrected chi connectivity index (χ3v) is 4.25. The Kier molecular flexibility index (Phi) is 5.00. The molecule has 1 aliphatic heterocycles. The van der Waals surface area contributed by atoms with Crippen molar-refractivity contribution >= 4 is 35.2 Å². The molecular weight excluding hydrogens is 362 g/mol. The summed E-state index contributed by atoms with van der Waals surface area (Å²) in [4.78, 5) is 38.6. The normalized spacial score (nSPS) is 15.2. The molecule has 0 saturated heterocycles. The van der Waals surface area contributed by atoms with Gasteiger partial charge < -0.3 is 14.5 Å². The second-order valence-corrected chi connectivity index (χ2v) is 6.52. The van der Waals surface area contributed by atoms with E-state index in [1.165, 1.54) is 17.2 Å². The number of fused-ring (bicyclic) bond motifs is 1. The molecule has 0 spiro atoms. The van der Waals surface area contributed by atoms with E-state index in [-0.39, 0.29) is 11.5 Å². The number of nitriles is 1. The Labute approximate surface area is 161 Å². The summed E-state index contributed by atoms with van der Waals surface area (Å²) in [5.41, 5.74) is -0.500. The molecule has 8 heteroatoms. The van der Waals surface area contributed by atoms with Crippen molar-refractivity contribution in [3.05, 3.63) is 54.0 Å². The van der Waals surface area contributed by atoms with Gasteiger partial charge in [0.25, 0.3) is 5.91 Å². The zero-order valence-electron chi connectivity index (χ0n) is 15.3. The Bertz CT molecular complexity index is 999. The average molecular weight is 379 g/mol. The molecule has 28 heavy (non-hydrogen) atoms. The van der Waals surface area contributed by atoms with E-state index in [1.807, 2.05) is 0 Å². The maximum atomic E-state index is 12.8. The fourth-order valence-electron chi connectivity index (χ4n) is 2.82. The number of nitrogens with one attached hydrogen (secondary N) is 1. The van der Waals surface area contributed by atoms with Crippen LogP contribution in [0.25, 0.3) is 6.08 Å². The van der Waals surface area contributed by atoms with Gasteiger partial charge in [-0.2, -0.15) is 5.26 Å². The number of carbonyl (C=O) groups excluding carboxylic acids is 3. The molecule has 142 valence electrons. The van der Waals surface area contributed by atoms with Gasteiger partial charge in [-0.1, -0.05) is 12.1 Å². The third-order valence-electron chi connectivity index (χ3n) is 4.25. The van der Waals surface area contributed by atoms with Gasteiger partial charge in [-0.05, 0) is 38.1 Å². The first-order chi connectivity index (χ1) is 13.3. The van der Waals surface area contributed by atoms with Crippen LogP contribution < -0.4 is 10.2 Å². The fourth-order valence-corrected chi connectivity index (χ4v) is 2.82. The minimum absolute atomic E-state index is 0.307. The lowest BCUT2D eigenvalue weighted by molar-refractivity contribution is -0.144. The lowest BCUT2D eigenvalue weighted by Crippen LogP contribution is -2.59. The van der Waals surface area contributed by atoms with Gasteiger partial charge in [0.1, 0.15) is 22.9 Å². The van der Waals surface area contributed by atoms with E-state index in [2.05, 4.69) is 5.32 Å². The van der Waals surface area contributed by atoms with E-state index in [1.54, 1.807) is 56.3 Å². The number of hydrogen-bond acceptors (Lipinski definition) is 6. The Morgan fingerprint density at radius 1 is 1.29 bits per heavy atom. The quantitative estimate of drug-likeness (QED) is 0.496. The summed E-state index contributed by atoms with van der Waals surface area (Å²) in [6, 6.07) is 11.7.